The van der Waals surface area contributed by atoms with Crippen LogP contribution < -0.4 is 0 Å². The molecule has 0 bridgehead atoms. The molecule has 4 nitrogen and oxygen atoms in total. The molecule has 4 aromatic rings. The van der Waals surface area contributed by atoms with Gasteiger partial charge in [0.15, 0.2) is 0 Å². The van der Waals surface area contributed by atoms with Crippen LogP contribution in [0, 0.1) is 56.6 Å². The minimum atomic E-state index is -5.37. The van der Waals surface area contributed by atoms with E-state index in [1.807, 2.05) is 12.1 Å². The number of aryl methyl sites for hydroxylation is 2. The summed E-state index contributed by atoms with van der Waals surface area (Å²) in [5.74, 6) is 0. The molecule has 0 amide bonds. The average Bonchev–Trinajstić information content (AvgIpc) is 3.57. The molecule has 0 spiro atoms. The Bertz CT molecular complexity index is 2550. The minimum Gasteiger partial charge on any atom is -0.226 e. The third-order valence-corrected chi connectivity index (χ3v) is 9.34. The SMILES string of the molecule is [C-]#[N+]/C(C#N)=C1C2=C(/C(=C(\C#N)[N+]#[C-])c3ccc(-c4cc(C)c(C)c(C(F)(F)F)c4)cc32)c2cc(-c3cc(C)c(C(F)(F)F)c(C(F)(F)F)c3)ccc2\1. The molecule has 53 heavy (non-hydrogen) atoms. The lowest BCUT2D eigenvalue weighted by molar-refractivity contribution is -0.162. The van der Waals surface area contributed by atoms with Crippen molar-refractivity contribution in [1.29, 1.82) is 10.5 Å². The zero-order valence-electron chi connectivity index (χ0n) is 27.5. The summed E-state index contributed by atoms with van der Waals surface area (Å²) in [6.45, 7) is 19.3. The molecule has 13 heteroatoms. The van der Waals surface area contributed by atoms with Crippen molar-refractivity contribution in [2.45, 2.75) is 39.3 Å². The fourth-order valence-electron chi connectivity index (χ4n) is 6.99. The van der Waals surface area contributed by atoms with Crippen LogP contribution in [0.25, 0.3) is 54.2 Å². The first-order chi connectivity index (χ1) is 24.8. The number of nitrogens with zero attached hydrogens (tertiary/aromatic N) is 4. The highest BCUT2D eigenvalue weighted by molar-refractivity contribution is 6.37. The number of fused-ring (bicyclic) bond motifs is 4. The summed E-state index contributed by atoms with van der Waals surface area (Å²) in [5, 5.41) is 20.1. The number of hydrogen-bond acceptors (Lipinski definition) is 2. The van der Waals surface area contributed by atoms with Gasteiger partial charge < -0.3 is 0 Å². The second kappa shape index (κ2) is 12.3. The fraction of sp³-hybridized carbons (Fsp3) is 0.150. The Balaban J connectivity index is 1.68. The number of alkyl halides is 9. The Labute approximate surface area is 296 Å². The largest absolute Gasteiger partial charge is 0.417 e. The third-order valence-electron chi connectivity index (χ3n) is 9.34. The van der Waals surface area contributed by atoms with E-state index in [0.717, 1.165) is 19.1 Å². The van der Waals surface area contributed by atoms with Crippen molar-refractivity contribution < 1.29 is 39.5 Å². The highest BCUT2D eigenvalue weighted by Crippen LogP contribution is 2.60. The molecule has 6 rings (SSSR count). The van der Waals surface area contributed by atoms with Crippen molar-refractivity contribution in [3.8, 4) is 34.4 Å². The van der Waals surface area contributed by atoms with E-state index in [1.165, 1.54) is 50.2 Å². The molecule has 4 aromatic carbocycles. The van der Waals surface area contributed by atoms with E-state index in [4.69, 9.17) is 13.1 Å². The molecular formula is C40H19F9N4. The summed E-state index contributed by atoms with van der Waals surface area (Å²) in [6, 6.07) is 16.1. The van der Waals surface area contributed by atoms with E-state index >= 15 is 0 Å². The molecule has 0 saturated carbocycles. The molecule has 0 N–H and O–H groups in total. The lowest BCUT2D eigenvalue weighted by Gasteiger charge is -2.20. The summed E-state index contributed by atoms with van der Waals surface area (Å²) in [6.07, 6.45) is -15.4. The Morgan fingerprint density at radius 1 is 0.528 bits per heavy atom. The van der Waals surface area contributed by atoms with Gasteiger partial charge in [-0.05, 0) is 117 Å². The molecule has 0 unspecified atom stereocenters. The molecule has 2 aliphatic rings. The first-order valence-corrected chi connectivity index (χ1v) is 15.3. The summed E-state index contributed by atoms with van der Waals surface area (Å²) in [4.78, 5) is 6.74. The smallest absolute Gasteiger partial charge is 0.226 e. The molecule has 2 aliphatic carbocycles. The number of benzene rings is 4. The number of halogens is 9. The molecule has 0 saturated heterocycles. The Kier molecular flexibility index (Phi) is 8.40. The molecule has 0 heterocycles. The quantitative estimate of drug-likeness (QED) is 0.117. The topological polar surface area (TPSA) is 56.3 Å². The molecule has 0 fully saturated rings. The molecule has 0 radical (unpaired) electrons. The van der Waals surface area contributed by atoms with E-state index in [1.54, 1.807) is 6.07 Å². The first kappa shape index (κ1) is 36.2. The lowest BCUT2D eigenvalue weighted by Crippen LogP contribution is -2.18. The summed E-state index contributed by atoms with van der Waals surface area (Å²) in [7, 11) is 0. The van der Waals surface area contributed by atoms with Gasteiger partial charge in [-0.2, -0.15) is 39.5 Å². The van der Waals surface area contributed by atoms with Crippen LogP contribution in [0.1, 0.15) is 55.6 Å². The van der Waals surface area contributed by atoms with E-state index in [0.29, 0.717) is 17.2 Å². The number of rotatable bonds is 2. The van der Waals surface area contributed by atoms with Crippen LogP contribution in [-0.4, -0.2) is 0 Å². The van der Waals surface area contributed by atoms with Gasteiger partial charge in [0, 0.05) is 11.1 Å². The molecule has 0 aromatic heterocycles. The van der Waals surface area contributed by atoms with Crippen LogP contribution in [0.2, 0.25) is 0 Å². The zero-order chi connectivity index (χ0) is 38.9. The van der Waals surface area contributed by atoms with E-state index in [9.17, 15) is 50.0 Å². The predicted octanol–water partition coefficient (Wildman–Crippen LogP) is 12.2. The van der Waals surface area contributed by atoms with Crippen molar-refractivity contribution in [2.75, 3.05) is 0 Å². The van der Waals surface area contributed by atoms with Crippen molar-refractivity contribution in [1.82, 2.24) is 0 Å². The van der Waals surface area contributed by atoms with Gasteiger partial charge in [-0.3, -0.25) is 0 Å². The standard InChI is InChI=1S/C40H19F9N4/c1-18-10-23(14-29(20(18)3)38(41,42)43)21-6-8-25-27(12-21)35-34(32(17-51)53-5)26-9-7-22(13-28(26)36(35)33(25)31(16-50)52-4)24-11-19(2)37(40(47,48)49)30(15-24)39(44,45)46/h6-15H,1-3H3/b33-31+,34-32-. The van der Waals surface area contributed by atoms with Crippen LogP contribution >= 0.6 is 0 Å². The average molecular weight is 727 g/mol. The van der Waals surface area contributed by atoms with E-state index in [-0.39, 0.29) is 66.8 Å². The van der Waals surface area contributed by atoms with Gasteiger partial charge in [0.2, 0.25) is 0 Å². The second-order valence-electron chi connectivity index (χ2n) is 12.3. The van der Waals surface area contributed by atoms with Crippen LogP contribution in [-0.2, 0) is 18.5 Å². The normalized spacial score (nSPS) is 15.5. The van der Waals surface area contributed by atoms with Gasteiger partial charge in [-0.25, -0.2) is 20.2 Å². The van der Waals surface area contributed by atoms with Gasteiger partial charge in [0.05, 0.1) is 42.0 Å². The van der Waals surface area contributed by atoms with Gasteiger partial charge in [0.25, 0.3) is 11.4 Å². The van der Waals surface area contributed by atoms with Gasteiger partial charge in [0.1, 0.15) is 0 Å². The van der Waals surface area contributed by atoms with Crippen molar-refractivity contribution in [3.05, 3.63) is 151 Å². The molecule has 0 atom stereocenters. The first-order valence-electron chi connectivity index (χ1n) is 15.3. The van der Waals surface area contributed by atoms with Crippen LogP contribution in [0.15, 0.2) is 72.1 Å². The van der Waals surface area contributed by atoms with Crippen molar-refractivity contribution in [3.63, 3.8) is 0 Å². The highest BCUT2D eigenvalue weighted by Gasteiger charge is 2.45. The van der Waals surface area contributed by atoms with E-state index in [2.05, 4.69) is 9.69 Å². The Morgan fingerprint density at radius 2 is 0.943 bits per heavy atom. The van der Waals surface area contributed by atoms with Gasteiger partial charge >= 0.3 is 18.5 Å². The number of nitriles is 2. The maximum Gasteiger partial charge on any atom is 0.417 e. The van der Waals surface area contributed by atoms with Crippen LogP contribution in [0.3, 0.4) is 0 Å². The Morgan fingerprint density at radius 3 is 1.32 bits per heavy atom. The molecular weight excluding hydrogens is 707 g/mol. The zero-order valence-corrected chi connectivity index (χ0v) is 27.5. The van der Waals surface area contributed by atoms with Crippen molar-refractivity contribution >= 4 is 22.3 Å². The monoisotopic (exact) mass is 726 g/mol. The minimum absolute atomic E-state index is 0.0209. The van der Waals surface area contributed by atoms with Crippen LogP contribution in [0.4, 0.5) is 39.5 Å². The summed E-state index contributed by atoms with van der Waals surface area (Å²) < 4.78 is 125. The maximum absolute atomic E-state index is 14.0. The predicted molar refractivity (Wildman–Crippen MR) is 178 cm³/mol. The Hall–Kier alpha value is -6.57. The van der Waals surface area contributed by atoms with E-state index < -0.39 is 52.2 Å². The number of hydrogen-bond donors (Lipinski definition) is 0. The summed E-state index contributed by atoms with van der Waals surface area (Å²) >= 11 is 0. The second-order valence-corrected chi connectivity index (χ2v) is 12.3. The van der Waals surface area contributed by atoms with Gasteiger partial charge in [-0.1, -0.05) is 36.4 Å². The molecule has 0 aliphatic heterocycles. The maximum atomic E-state index is 14.0. The van der Waals surface area contributed by atoms with Crippen molar-refractivity contribution in [2.24, 2.45) is 0 Å². The number of allylic oxidation sites excluding steroid dienone is 6. The summed E-state index contributed by atoms with van der Waals surface area (Å²) in [5.41, 5.74) is -4.15. The van der Waals surface area contributed by atoms with Gasteiger partial charge in [-0.15, -0.1) is 0 Å². The lowest BCUT2D eigenvalue weighted by atomic mass is 9.87. The van der Waals surface area contributed by atoms with Crippen LogP contribution in [0.5, 0.6) is 0 Å². The third kappa shape index (κ3) is 5.81. The molecule has 262 valence electrons. The highest BCUT2D eigenvalue weighted by atomic mass is 19.4. The fourth-order valence-corrected chi connectivity index (χ4v) is 6.99.